The number of alkyl halides is 5. The molecule has 0 fully saturated rings. The molecule has 0 aliphatic carbocycles. The Balaban J connectivity index is 5.44. The summed E-state index contributed by atoms with van der Waals surface area (Å²) in [5.41, 5.74) is 0. The molecule has 0 N–H and O–H groups in total. The third kappa shape index (κ3) is 3.21. The van der Waals surface area contributed by atoms with E-state index in [2.05, 4.69) is 3.87 Å². The van der Waals surface area contributed by atoms with Gasteiger partial charge in [-0.15, -0.1) is 0 Å². The standard InChI is InChI=1S/C8H15F5O3SSi/c1-4-18(5-2,6-3)16-17(14,15)8(12,13)7(9,10)11/h4-6H2,1-3H3. The highest BCUT2D eigenvalue weighted by Gasteiger charge is 2.69. The van der Waals surface area contributed by atoms with Crippen LogP contribution >= 0.6 is 0 Å². The van der Waals surface area contributed by atoms with Crippen molar-refractivity contribution in [2.45, 2.75) is 50.3 Å². The highest BCUT2D eigenvalue weighted by molar-refractivity contribution is 7.88. The van der Waals surface area contributed by atoms with Gasteiger partial charge >= 0.3 is 21.5 Å². The quantitative estimate of drug-likeness (QED) is 0.557. The van der Waals surface area contributed by atoms with Gasteiger partial charge < -0.3 is 3.87 Å². The zero-order valence-electron chi connectivity index (χ0n) is 10.1. The average molecular weight is 314 g/mol. The lowest BCUT2D eigenvalue weighted by molar-refractivity contribution is -0.243. The molecule has 0 aromatic rings. The van der Waals surface area contributed by atoms with E-state index in [1.54, 1.807) is 0 Å². The second-order valence-corrected chi connectivity index (χ2v) is 10.4. The van der Waals surface area contributed by atoms with Crippen molar-refractivity contribution in [3.05, 3.63) is 0 Å². The van der Waals surface area contributed by atoms with E-state index in [4.69, 9.17) is 0 Å². The van der Waals surface area contributed by atoms with E-state index in [0.717, 1.165) is 0 Å². The van der Waals surface area contributed by atoms with Gasteiger partial charge in [0.05, 0.1) is 0 Å². The molecular weight excluding hydrogens is 299 g/mol. The Labute approximate surface area is 104 Å². The Morgan fingerprint density at radius 3 is 1.50 bits per heavy atom. The van der Waals surface area contributed by atoms with E-state index in [1.807, 2.05) is 0 Å². The maximum Gasteiger partial charge on any atom is 0.472 e. The van der Waals surface area contributed by atoms with Crippen LogP contribution in [0.3, 0.4) is 0 Å². The van der Waals surface area contributed by atoms with Crippen molar-refractivity contribution < 1.29 is 34.2 Å². The van der Waals surface area contributed by atoms with Gasteiger partial charge in [-0.05, 0) is 18.1 Å². The molecule has 0 bridgehead atoms. The molecule has 0 atom stereocenters. The molecule has 0 saturated carbocycles. The summed E-state index contributed by atoms with van der Waals surface area (Å²) >= 11 is 0. The number of hydrogen-bond donors (Lipinski definition) is 0. The SMILES string of the molecule is CC[Si](CC)(CC)OS(=O)(=O)C(F)(F)C(F)(F)F. The van der Waals surface area contributed by atoms with Crippen molar-refractivity contribution in [2.24, 2.45) is 0 Å². The van der Waals surface area contributed by atoms with E-state index in [-0.39, 0.29) is 18.1 Å². The second kappa shape index (κ2) is 5.41. The molecule has 110 valence electrons. The van der Waals surface area contributed by atoms with Crippen LogP contribution in [0.2, 0.25) is 18.1 Å². The molecule has 0 rings (SSSR count). The summed E-state index contributed by atoms with van der Waals surface area (Å²) in [6, 6.07) is 0.438. The first-order valence-electron chi connectivity index (χ1n) is 5.29. The minimum Gasteiger partial charge on any atom is -0.310 e. The third-order valence-electron chi connectivity index (χ3n) is 2.86. The summed E-state index contributed by atoms with van der Waals surface area (Å²) in [5, 5.41) is -5.88. The van der Waals surface area contributed by atoms with Gasteiger partial charge in [0.15, 0.2) is 0 Å². The summed E-state index contributed by atoms with van der Waals surface area (Å²) in [6.07, 6.45) is -6.18. The summed E-state index contributed by atoms with van der Waals surface area (Å²) in [7, 11) is -9.12. The Hall–Kier alpha value is -0.223. The Kier molecular flexibility index (Phi) is 5.35. The molecule has 0 aliphatic heterocycles. The summed E-state index contributed by atoms with van der Waals surface area (Å²) < 4.78 is 88.3. The van der Waals surface area contributed by atoms with Crippen molar-refractivity contribution in [1.82, 2.24) is 0 Å². The molecule has 0 aromatic carbocycles. The second-order valence-electron chi connectivity index (χ2n) is 3.80. The largest absolute Gasteiger partial charge is 0.472 e. The summed E-state index contributed by atoms with van der Waals surface area (Å²) in [5.74, 6) is 0. The van der Waals surface area contributed by atoms with E-state index < -0.39 is 29.9 Å². The monoisotopic (exact) mass is 314 g/mol. The van der Waals surface area contributed by atoms with Crippen LogP contribution in [0.5, 0.6) is 0 Å². The molecule has 0 radical (unpaired) electrons. The van der Waals surface area contributed by atoms with Gasteiger partial charge in [-0.2, -0.15) is 30.4 Å². The predicted octanol–water partition coefficient (Wildman–Crippen LogP) is 3.49. The fourth-order valence-corrected chi connectivity index (χ4v) is 6.83. The summed E-state index contributed by atoms with van der Waals surface area (Å²) in [6.45, 7) is 4.54. The molecule has 0 heterocycles. The maximum absolute atomic E-state index is 12.8. The summed E-state index contributed by atoms with van der Waals surface area (Å²) in [4.78, 5) is 0. The minimum atomic E-state index is -6.18. The molecule has 18 heavy (non-hydrogen) atoms. The van der Waals surface area contributed by atoms with Gasteiger partial charge in [0, 0.05) is 0 Å². The van der Waals surface area contributed by atoms with Crippen molar-refractivity contribution in [2.75, 3.05) is 0 Å². The third-order valence-corrected chi connectivity index (χ3v) is 9.88. The predicted molar refractivity (Wildman–Crippen MR) is 58.2 cm³/mol. The zero-order chi connectivity index (χ0) is 14.8. The van der Waals surface area contributed by atoms with Gasteiger partial charge in [0.25, 0.3) is 0 Å². The van der Waals surface area contributed by atoms with Gasteiger partial charge in [-0.3, -0.25) is 0 Å². The Morgan fingerprint density at radius 2 is 1.28 bits per heavy atom. The number of rotatable bonds is 6. The number of halogens is 5. The van der Waals surface area contributed by atoms with Crippen LogP contribution in [0.25, 0.3) is 0 Å². The molecule has 0 aromatic heterocycles. The molecule has 0 amide bonds. The molecule has 0 spiro atoms. The van der Waals surface area contributed by atoms with Crippen molar-refractivity contribution in [3.8, 4) is 0 Å². The van der Waals surface area contributed by atoms with E-state index in [9.17, 15) is 30.4 Å². The van der Waals surface area contributed by atoms with Gasteiger partial charge in [0.1, 0.15) is 0 Å². The van der Waals surface area contributed by atoms with Crippen LogP contribution in [-0.4, -0.2) is 28.2 Å². The highest BCUT2D eigenvalue weighted by atomic mass is 32.2. The Morgan fingerprint density at radius 1 is 0.944 bits per heavy atom. The molecule has 3 nitrogen and oxygen atoms in total. The van der Waals surface area contributed by atoms with E-state index >= 15 is 0 Å². The van der Waals surface area contributed by atoms with Crippen molar-refractivity contribution in [3.63, 3.8) is 0 Å². The van der Waals surface area contributed by atoms with Crippen LogP contribution < -0.4 is 0 Å². The van der Waals surface area contributed by atoms with Crippen LogP contribution in [0.4, 0.5) is 22.0 Å². The smallest absolute Gasteiger partial charge is 0.310 e. The first-order chi connectivity index (χ1) is 7.89. The zero-order valence-corrected chi connectivity index (χ0v) is 12.0. The number of hydrogen-bond acceptors (Lipinski definition) is 3. The molecule has 0 saturated heterocycles. The van der Waals surface area contributed by atoms with Crippen LogP contribution in [0.1, 0.15) is 20.8 Å². The fourth-order valence-electron chi connectivity index (χ4n) is 1.35. The van der Waals surface area contributed by atoms with Gasteiger partial charge in [-0.25, -0.2) is 0 Å². The average Bonchev–Trinajstić information content (AvgIpc) is 2.24. The molecule has 10 heteroatoms. The van der Waals surface area contributed by atoms with Crippen LogP contribution in [0, 0.1) is 0 Å². The Bertz CT molecular complexity index is 366. The van der Waals surface area contributed by atoms with Gasteiger partial charge in [0.2, 0.25) is 8.32 Å². The van der Waals surface area contributed by atoms with E-state index in [0.29, 0.717) is 0 Å². The highest BCUT2D eigenvalue weighted by Crippen LogP contribution is 2.42. The maximum atomic E-state index is 12.8. The lowest BCUT2D eigenvalue weighted by Gasteiger charge is -2.29. The molecule has 0 unspecified atom stereocenters. The topological polar surface area (TPSA) is 43.4 Å². The molecular formula is C8H15F5O3SSi. The minimum absolute atomic E-state index is 0.146. The van der Waals surface area contributed by atoms with Crippen molar-refractivity contribution >= 4 is 18.4 Å². The lowest BCUT2D eigenvalue weighted by Crippen LogP contribution is -2.50. The first kappa shape index (κ1) is 17.8. The van der Waals surface area contributed by atoms with Gasteiger partial charge in [-0.1, -0.05) is 20.8 Å². The first-order valence-corrected chi connectivity index (χ1v) is 9.22. The van der Waals surface area contributed by atoms with Crippen molar-refractivity contribution in [1.29, 1.82) is 0 Å². The normalized spacial score (nSPS) is 14.9. The lowest BCUT2D eigenvalue weighted by atomic mass is 10.7. The van der Waals surface area contributed by atoms with Crippen LogP contribution in [-0.2, 0) is 14.0 Å². The van der Waals surface area contributed by atoms with Crippen LogP contribution in [0.15, 0.2) is 0 Å². The van der Waals surface area contributed by atoms with E-state index in [1.165, 1.54) is 20.8 Å². The fraction of sp³-hybridized carbons (Fsp3) is 1.00. The molecule has 0 aliphatic rings.